The molecule has 4 aromatic rings. The minimum Gasteiger partial charge on any atom is -0.478 e. The summed E-state index contributed by atoms with van der Waals surface area (Å²) >= 11 is 0. The van der Waals surface area contributed by atoms with Crippen molar-refractivity contribution in [2.24, 2.45) is 0 Å². The average molecular weight is 435 g/mol. The van der Waals surface area contributed by atoms with Gasteiger partial charge in [0.2, 0.25) is 0 Å². The topological polar surface area (TPSA) is 42.2 Å². The zero-order chi connectivity index (χ0) is 22.5. The molecule has 0 bridgehead atoms. The van der Waals surface area contributed by atoms with Crippen molar-refractivity contribution >= 4 is 16.9 Å². The number of hydrogen-bond acceptors (Lipinski definition) is 1. The first-order valence-corrected chi connectivity index (χ1v) is 10.4. The van der Waals surface area contributed by atoms with E-state index in [2.05, 4.69) is 0 Å². The van der Waals surface area contributed by atoms with Gasteiger partial charge in [-0.25, -0.2) is 4.79 Å². The molecule has 1 aromatic heterocycles. The first kappa shape index (κ1) is 20.4. The zero-order valence-corrected chi connectivity index (χ0v) is 17.1. The van der Waals surface area contributed by atoms with Gasteiger partial charge in [0, 0.05) is 17.3 Å². The summed E-state index contributed by atoms with van der Waals surface area (Å²) in [7, 11) is 0. The second-order valence-electron chi connectivity index (χ2n) is 8.30. The number of aromatic nitrogens is 1. The van der Waals surface area contributed by atoms with Gasteiger partial charge < -0.3 is 9.67 Å². The van der Waals surface area contributed by atoms with Gasteiger partial charge in [-0.3, -0.25) is 0 Å². The van der Waals surface area contributed by atoms with Crippen LogP contribution in [0.3, 0.4) is 0 Å². The van der Waals surface area contributed by atoms with Gasteiger partial charge in [0.05, 0.1) is 16.6 Å². The lowest BCUT2D eigenvalue weighted by molar-refractivity contribution is -0.137. The van der Waals surface area contributed by atoms with E-state index in [1.807, 2.05) is 47.2 Å². The maximum absolute atomic E-state index is 12.8. The Balaban J connectivity index is 1.44. The number of aromatic carboxylic acids is 1. The Morgan fingerprint density at radius 3 is 2.38 bits per heavy atom. The lowest BCUT2D eigenvalue weighted by atomic mass is 9.96. The van der Waals surface area contributed by atoms with Crippen LogP contribution in [0, 0.1) is 0 Å². The van der Waals surface area contributed by atoms with Crippen LogP contribution < -0.4 is 0 Å². The third-order valence-corrected chi connectivity index (χ3v) is 6.04. The van der Waals surface area contributed by atoms with Crippen molar-refractivity contribution in [3.8, 4) is 5.69 Å². The molecule has 0 unspecified atom stereocenters. The Morgan fingerprint density at radius 1 is 0.969 bits per heavy atom. The van der Waals surface area contributed by atoms with E-state index in [1.165, 1.54) is 12.1 Å². The van der Waals surface area contributed by atoms with Crippen LogP contribution in [-0.4, -0.2) is 15.6 Å². The summed E-state index contributed by atoms with van der Waals surface area (Å²) in [5.41, 5.74) is 4.02. The van der Waals surface area contributed by atoms with Crippen molar-refractivity contribution in [3.05, 3.63) is 101 Å². The summed E-state index contributed by atoms with van der Waals surface area (Å²) in [4.78, 5) is 11.8. The molecule has 0 atom stereocenters. The highest BCUT2D eigenvalue weighted by Crippen LogP contribution is 2.40. The van der Waals surface area contributed by atoms with Crippen LogP contribution in [0.5, 0.6) is 0 Å². The van der Waals surface area contributed by atoms with E-state index in [-0.39, 0.29) is 0 Å². The predicted molar refractivity (Wildman–Crippen MR) is 116 cm³/mol. The van der Waals surface area contributed by atoms with Gasteiger partial charge in [0.15, 0.2) is 0 Å². The number of carbonyl (C=O) groups is 1. The standard InChI is InChI=1S/C26H20F3NO2/c27-26(28,29)21-6-8-22(9-7-21)30-12-11-20-14-16(1-10-24(20)30)13-19-5-4-18(17-2-3-17)15-23(19)25(31)32/h1,4-12,14-15,17H,2-3,13H2,(H,31,32). The third kappa shape index (κ3) is 3.88. The zero-order valence-electron chi connectivity index (χ0n) is 17.1. The highest BCUT2D eigenvalue weighted by Gasteiger charge is 2.30. The number of halogens is 3. The van der Waals surface area contributed by atoms with E-state index in [9.17, 15) is 23.1 Å². The maximum atomic E-state index is 12.8. The molecule has 0 saturated heterocycles. The number of hydrogen-bond donors (Lipinski definition) is 1. The molecule has 1 aliphatic rings. The second-order valence-corrected chi connectivity index (χ2v) is 8.30. The van der Waals surface area contributed by atoms with Crippen LogP contribution >= 0.6 is 0 Å². The lowest BCUT2D eigenvalue weighted by Gasteiger charge is -2.11. The minimum absolute atomic E-state index is 0.344. The molecule has 32 heavy (non-hydrogen) atoms. The first-order chi connectivity index (χ1) is 15.3. The van der Waals surface area contributed by atoms with Crippen molar-refractivity contribution in [2.45, 2.75) is 31.4 Å². The van der Waals surface area contributed by atoms with Crippen LogP contribution in [0.1, 0.15) is 51.4 Å². The Labute approximate surface area is 182 Å². The number of carboxylic acid groups (broad SMARTS) is 1. The Kier molecular flexibility index (Phi) is 4.81. The molecule has 1 fully saturated rings. The van der Waals surface area contributed by atoms with E-state index in [1.54, 1.807) is 6.07 Å². The molecule has 0 spiro atoms. The summed E-state index contributed by atoms with van der Waals surface area (Å²) in [6.45, 7) is 0. The Morgan fingerprint density at radius 2 is 1.72 bits per heavy atom. The van der Waals surface area contributed by atoms with Crippen LogP contribution in [0.2, 0.25) is 0 Å². The van der Waals surface area contributed by atoms with Crippen molar-refractivity contribution in [2.75, 3.05) is 0 Å². The molecular formula is C26H20F3NO2. The predicted octanol–water partition coefficient (Wildman–Crippen LogP) is 6.82. The first-order valence-electron chi connectivity index (χ1n) is 10.4. The maximum Gasteiger partial charge on any atom is 0.416 e. The van der Waals surface area contributed by atoms with E-state index in [4.69, 9.17) is 0 Å². The minimum atomic E-state index is -4.36. The van der Waals surface area contributed by atoms with Crippen LogP contribution in [-0.2, 0) is 12.6 Å². The van der Waals surface area contributed by atoms with Gasteiger partial charge >= 0.3 is 12.1 Å². The lowest BCUT2D eigenvalue weighted by Crippen LogP contribution is -2.05. The summed E-state index contributed by atoms with van der Waals surface area (Å²) < 4.78 is 40.4. The van der Waals surface area contributed by atoms with Gasteiger partial charge in [-0.2, -0.15) is 13.2 Å². The SMILES string of the molecule is O=C(O)c1cc(C2CC2)ccc1Cc1ccc2c(ccn2-c2ccc(C(F)(F)F)cc2)c1. The molecule has 6 heteroatoms. The van der Waals surface area contributed by atoms with E-state index < -0.39 is 17.7 Å². The number of alkyl halides is 3. The highest BCUT2D eigenvalue weighted by atomic mass is 19.4. The van der Waals surface area contributed by atoms with Crippen LogP contribution in [0.4, 0.5) is 13.2 Å². The molecule has 3 aromatic carbocycles. The van der Waals surface area contributed by atoms with Gasteiger partial charge in [-0.1, -0.05) is 18.2 Å². The highest BCUT2D eigenvalue weighted by molar-refractivity contribution is 5.90. The number of fused-ring (bicyclic) bond motifs is 1. The molecule has 0 aliphatic heterocycles. The van der Waals surface area contributed by atoms with Gasteiger partial charge in [-0.05, 0) is 90.4 Å². The van der Waals surface area contributed by atoms with Crippen LogP contribution in [0.15, 0.2) is 72.9 Å². The molecule has 0 radical (unpaired) electrons. The number of benzene rings is 3. The second kappa shape index (κ2) is 7.55. The molecule has 1 aliphatic carbocycles. The molecule has 162 valence electrons. The van der Waals surface area contributed by atoms with Gasteiger partial charge in [-0.15, -0.1) is 0 Å². The quantitative estimate of drug-likeness (QED) is 0.374. The monoisotopic (exact) mass is 435 g/mol. The molecule has 1 N–H and O–H groups in total. The molecule has 5 rings (SSSR count). The van der Waals surface area contributed by atoms with Crippen molar-refractivity contribution in [3.63, 3.8) is 0 Å². The van der Waals surface area contributed by atoms with E-state index in [0.717, 1.165) is 52.6 Å². The van der Waals surface area contributed by atoms with Gasteiger partial charge in [0.25, 0.3) is 0 Å². The molecule has 1 saturated carbocycles. The summed E-state index contributed by atoms with van der Waals surface area (Å²) in [5.74, 6) is -0.430. The Hall–Kier alpha value is -3.54. The number of carboxylic acids is 1. The summed E-state index contributed by atoms with van der Waals surface area (Å²) in [6, 6.07) is 18.6. The van der Waals surface area contributed by atoms with Crippen LogP contribution in [0.25, 0.3) is 16.6 Å². The molecule has 3 nitrogen and oxygen atoms in total. The largest absolute Gasteiger partial charge is 0.478 e. The number of rotatable bonds is 5. The van der Waals surface area contributed by atoms with E-state index >= 15 is 0 Å². The van der Waals surface area contributed by atoms with Crippen molar-refractivity contribution in [1.29, 1.82) is 0 Å². The van der Waals surface area contributed by atoms with Crippen molar-refractivity contribution in [1.82, 2.24) is 4.57 Å². The summed E-state index contributed by atoms with van der Waals surface area (Å²) in [6.07, 6.45) is 0.186. The smallest absolute Gasteiger partial charge is 0.416 e. The van der Waals surface area contributed by atoms with Crippen molar-refractivity contribution < 1.29 is 23.1 Å². The molecular weight excluding hydrogens is 415 g/mol. The normalized spacial score (nSPS) is 14.1. The average Bonchev–Trinajstić information content (AvgIpc) is 3.53. The molecule has 1 heterocycles. The Bertz CT molecular complexity index is 1320. The molecule has 0 amide bonds. The fourth-order valence-corrected chi connectivity index (χ4v) is 4.18. The number of nitrogens with zero attached hydrogens (tertiary/aromatic N) is 1. The fourth-order valence-electron chi connectivity index (χ4n) is 4.18. The van der Waals surface area contributed by atoms with Gasteiger partial charge in [0.1, 0.15) is 0 Å². The summed E-state index contributed by atoms with van der Waals surface area (Å²) in [5, 5.41) is 10.6. The van der Waals surface area contributed by atoms with E-state index in [0.29, 0.717) is 23.6 Å². The third-order valence-electron chi connectivity index (χ3n) is 6.04. The fraction of sp³-hybridized carbons (Fsp3) is 0.192.